The predicted octanol–water partition coefficient (Wildman–Crippen LogP) is 2.50. The van der Waals surface area contributed by atoms with Crippen LogP contribution in [0.5, 0.6) is 0 Å². The molecule has 4 nitrogen and oxygen atoms in total. The van der Waals surface area contributed by atoms with Crippen molar-refractivity contribution in [3.63, 3.8) is 0 Å². The highest BCUT2D eigenvalue weighted by atomic mass is 16.5. The van der Waals surface area contributed by atoms with Crippen LogP contribution in [-0.2, 0) is 9.53 Å². The summed E-state index contributed by atoms with van der Waals surface area (Å²) in [5, 5.41) is 1.03. The first kappa shape index (κ1) is 13.5. The molecule has 0 spiro atoms. The summed E-state index contributed by atoms with van der Waals surface area (Å²) in [5.74, 6) is -0.267. The van der Waals surface area contributed by atoms with Crippen LogP contribution in [0, 0.1) is 6.92 Å². The molecular formula is C15H18N2O2. The second-order valence-corrected chi connectivity index (χ2v) is 4.52. The fourth-order valence-corrected chi connectivity index (χ4v) is 1.99. The molecule has 0 aliphatic heterocycles. The van der Waals surface area contributed by atoms with E-state index in [9.17, 15) is 4.79 Å². The standard InChI is InChI=1S/C15H18N2O2/c1-3-19-15(18)9-13(16)11-6-7-14-12(8-11)5-4-10(2)17-14/h4-8,13H,3,9,16H2,1-2H3/t13-/m1/s1. The molecule has 1 atom stereocenters. The van der Waals surface area contributed by atoms with Gasteiger partial charge < -0.3 is 10.5 Å². The average Bonchev–Trinajstić information content (AvgIpc) is 2.38. The lowest BCUT2D eigenvalue weighted by atomic mass is 10.0. The van der Waals surface area contributed by atoms with Gasteiger partial charge >= 0.3 is 5.97 Å². The zero-order valence-electron chi connectivity index (χ0n) is 11.2. The molecule has 0 saturated heterocycles. The molecule has 1 aromatic heterocycles. The van der Waals surface area contributed by atoms with Gasteiger partial charge in [0, 0.05) is 17.1 Å². The molecule has 1 heterocycles. The summed E-state index contributed by atoms with van der Waals surface area (Å²) in [6, 6.07) is 9.46. The number of nitrogens with zero attached hydrogens (tertiary/aromatic N) is 1. The van der Waals surface area contributed by atoms with Crippen LogP contribution >= 0.6 is 0 Å². The third kappa shape index (κ3) is 3.29. The van der Waals surface area contributed by atoms with E-state index >= 15 is 0 Å². The molecule has 2 aromatic rings. The van der Waals surface area contributed by atoms with E-state index in [2.05, 4.69) is 4.98 Å². The Morgan fingerprint density at radius 2 is 2.16 bits per heavy atom. The highest BCUT2D eigenvalue weighted by Crippen LogP contribution is 2.20. The van der Waals surface area contributed by atoms with Crippen LogP contribution in [0.3, 0.4) is 0 Å². The zero-order valence-corrected chi connectivity index (χ0v) is 11.2. The van der Waals surface area contributed by atoms with E-state index in [1.807, 2.05) is 37.3 Å². The Morgan fingerprint density at radius 3 is 2.89 bits per heavy atom. The number of fused-ring (bicyclic) bond motifs is 1. The van der Waals surface area contributed by atoms with Crippen molar-refractivity contribution in [1.82, 2.24) is 4.98 Å². The molecule has 0 aliphatic carbocycles. The van der Waals surface area contributed by atoms with Crippen LogP contribution in [0.15, 0.2) is 30.3 Å². The maximum absolute atomic E-state index is 11.4. The number of aromatic nitrogens is 1. The van der Waals surface area contributed by atoms with Gasteiger partial charge in [0.15, 0.2) is 0 Å². The molecule has 1 aromatic carbocycles. The minimum absolute atomic E-state index is 0.193. The molecule has 100 valence electrons. The summed E-state index contributed by atoms with van der Waals surface area (Å²) < 4.78 is 4.91. The van der Waals surface area contributed by atoms with Crippen molar-refractivity contribution in [2.75, 3.05) is 6.61 Å². The maximum atomic E-state index is 11.4. The van der Waals surface area contributed by atoms with Gasteiger partial charge in [0.05, 0.1) is 18.5 Å². The molecule has 0 fully saturated rings. The molecule has 2 N–H and O–H groups in total. The summed E-state index contributed by atoms with van der Waals surface area (Å²) in [6.07, 6.45) is 0.193. The Kier molecular flexibility index (Phi) is 4.12. The van der Waals surface area contributed by atoms with Gasteiger partial charge in [-0.15, -0.1) is 0 Å². The van der Waals surface area contributed by atoms with Crippen LogP contribution < -0.4 is 5.73 Å². The molecule has 2 rings (SSSR count). The third-order valence-corrected chi connectivity index (χ3v) is 2.97. The van der Waals surface area contributed by atoms with Crippen molar-refractivity contribution in [1.29, 1.82) is 0 Å². The second kappa shape index (κ2) is 5.80. The topological polar surface area (TPSA) is 65.2 Å². The number of esters is 1. The minimum Gasteiger partial charge on any atom is -0.466 e. The quantitative estimate of drug-likeness (QED) is 0.856. The van der Waals surface area contributed by atoms with Crippen molar-refractivity contribution in [2.45, 2.75) is 26.3 Å². The molecule has 0 bridgehead atoms. The maximum Gasteiger partial charge on any atom is 0.307 e. The average molecular weight is 258 g/mol. The Bertz CT molecular complexity index is 596. The van der Waals surface area contributed by atoms with Gasteiger partial charge in [0.25, 0.3) is 0 Å². The second-order valence-electron chi connectivity index (χ2n) is 4.52. The predicted molar refractivity (Wildman–Crippen MR) is 74.7 cm³/mol. The largest absolute Gasteiger partial charge is 0.466 e. The Labute approximate surface area is 112 Å². The van der Waals surface area contributed by atoms with Crippen LogP contribution in [0.1, 0.15) is 30.6 Å². The van der Waals surface area contributed by atoms with Gasteiger partial charge in [-0.1, -0.05) is 12.1 Å². The molecular weight excluding hydrogens is 240 g/mol. The van der Waals surface area contributed by atoms with Gasteiger partial charge in [-0.2, -0.15) is 0 Å². The van der Waals surface area contributed by atoms with Crippen molar-refractivity contribution in [3.05, 3.63) is 41.6 Å². The Morgan fingerprint density at radius 1 is 1.37 bits per heavy atom. The number of carbonyl (C=O) groups is 1. The number of rotatable bonds is 4. The minimum atomic E-state index is -0.343. The highest BCUT2D eigenvalue weighted by molar-refractivity contribution is 5.80. The molecule has 0 radical (unpaired) electrons. The summed E-state index contributed by atoms with van der Waals surface area (Å²) in [5.41, 5.74) is 8.87. The fraction of sp³-hybridized carbons (Fsp3) is 0.333. The first-order valence-corrected chi connectivity index (χ1v) is 6.38. The van der Waals surface area contributed by atoms with Gasteiger partial charge in [0.2, 0.25) is 0 Å². The lowest BCUT2D eigenvalue weighted by Gasteiger charge is -2.12. The lowest BCUT2D eigenvalue weighted by Crippen LogP contribution is -2.17. The third-order valence-electron chi connectivity index (χ3n) is 2.97. The smallest absolute Gasteiger partial charge is 0.307 e. The number of nitrogens with two attached hydrogens (primary N) is 1. The summed E-state index contributed by atoms with van der Waals surface area (Å²) >= 11 is 0. The number of aryl methyl sites for hydroxylation is 1. The highest BCUT2D eigenvalue weighted by Gasteiger charge is 2.13. The summed E-state index contributed by atoms with van der Waals surface area (Å²) in [4.78, 5) is 15.9. The van der Waals surface area contributed by atoms with E-state index in [0.717, 1.165) is 22.2 Å². The normalized spacial score (nSPS) is 12.4. The van der Waals surface area contributed by atoms with Gasteiger partial charge in [-0.3, -0.25) is 9.78 Å². The zero-order chi connectivity index (χ0) is 13.8. The number of hydrogen-bond donors (Lipinski definition) is 1. The molecule has 19 heavy (non-hydrogen) atoms. The van der Waals surface area contributed by atoms with E-state index < -0.39 is 0 Å². The van der Waals surface area contributed by atoms with Crippen LogP contribution in [0.2, 0.25) is 0 Å². The van der Waals surface area contributed by atoms with Gasteiger partial charge in [-0.25, -0.2) is 0 Å². The number of carbonyl (C=O) groups excluding carboxylic acids is 1. The van der Waals surface area contributed by atoms with E-state index in [-0.39, 0.29) is 18.4 Å². The van der Waals surface area contributed by atoms with E-state index in [1.54, 1.807) is 6.92 Å². The van der Waals surface area contributed by atoms with E-state index in [0.29, 0.717) is 6.61 Å². The van der Waals surface area contributed by atoms with Crippen molar-refractivity contribution in [2.24, 2.45) is 5.73 Å². The SMILES string of the molecule is CCOC(=O)C[C@@H](N)c1ccc2nc(C)ccc2c1. The van der Waals surface area contributed by atoms with Crippen LogP contribution in [0.4, 0.5) is 0 Å². The first-order chi connectivity index (χ1) is 9.10. The summed E-state index contributed by atoms with van der Waals surface area (Å²) in [7, 11) is 0. The Balaban J connectivity index is 2.20. The molecule has 0 saturated carbocycles. The molecule has 0 aliphatic rings. The van der Waals surface area contributed by atoms with Crippen LogP contribution in [-0.4, -0.2) is 17.6 Å². The monoisotopic (exact) mass is 258 g/mol. The summed E-state index contributed by atoms with van der Waals surface area (Å²) in [6.45, 7) is 4.12. The molecule has 0 amide bonds. The lowest BCUT2D eigenvalue weighted by molar-refractivity contribution is -0.143. The van der Waals surface area contributed by atoms with E-state index in [1.165, 1.54) is 0 Å². The number of pyridine rings is 1. The van der Waals surface area contributed by atoms with Crippen LogP contribution in [0.25, 0.3) is 10.9 Å². The van der Waals surface area contributed by atoms with Crippen molar-refractivity contribution < 1.29 is 9.53 Å². The Hall–Kier alpha value is -1.94. The van der Waals surface area contributed by atoms with E-state index in [4.69, 9.17) is 10.5 Å². The number of hydrogen-bond acceptors (Lipinski definition) is 4. The molecule has 0 unspecified atom stereocenters. The molecule has 4 heteroatoms. The van der Waals surface area contributed by atoms with Crippen molar-refractivity contribution in [3.8, 4) is 0 Å². The van der Waals surface area contributed by atoms with Crippen molar-refractivity contribution >= 4 is 16.9 Å². The van der Waals surface area contributed by atoms with Gasteiger partial charge in [-0.05, 0) is 37.6 Å². The number of ether oxygens (including phenoxy) is 1. The number of benzene rings is 1. The fourth-order valence-electron chi connectivity index (χ4n) is 1.99. The first-order valence-electron chi connectivity index (χ1n) is 6.38. The van der Waals surface area contributed by atoms with Gasteiger partial charge in [0.1, 0.15) is 0 Å².